The Morgan fingerprint density at radius 2 is 0.821 bits per heavy atom. The van der Waals surface area contributed by atoms with Crippen LogP contribution in [0.4, 0.5) is 0 Å². The van der Waals surface area contributed by atoms with Crippen LogP contribution in [0.5, 0.6) is 0 Å². The van der Waals surface area contributed by atoms with Gasteiger partial charge in [0.1, 0.15) is 6.10 Å². The summed E-state index contributed by atoms with van der Waals surface area (Å²) in [5.41, 5.74) is 0. The number of hydrogen-bond donors (Lipinski definition) is 1. The quantitative estimate of drug-likeness (QED) is 0.0665. The molecule has 0 heterocycles. The molecule has 0 bridgehead atoms. The highest BCUT2D eigenvalue weighted by Crippen LogP contribution is 2.17. The van der Waals surface area contributed by atoms with Gasteiger partial charge in [0, 0.05) is 12.8 Å². The predicted molar refractivity (Wildman–Crippen MR) is 167 cm³/mol. The molecule has 0 spiro atoms. The zero-order chi connectivity index (χ0) is 28.7. The Bertz CT molecular complexity index is 519. The largest absolute Gasteiger partial charge is 0.481 e. The van der Waals surface area contributed by atoms with E-state index in [-0.39, 0.29) is 18.5 Å². The van der Waals surface area contributed by atoms with Crippen LogP contribution in [0, 0.1) is 0 Å². The predicted octanol–water partition coefficient (Wildman–Crippen LogP) is 11.7. The molecule has 4 nitrogen and oxygen atoms in total. The fourth-order valence-corrected chi connectivity index (χ4v) is 5.53. The molecule has 0 aromatic heterocycles. The number of rotatable bonds is 32. The Kier molecular flexibility index (Phi) is 30.6. The van der Waals surface area contributed by atoms with E-state index in [2.05, 4.69) is 13.8 Å². The molecule has 1 unspecified atom stereocenters. The molecular weight excluding hydrogens is 484 g/mol. The fraction of sp³-hybridized carbons (Fsp3) is 0.943. The van der Waals surface area contributed by atoms with Crippen LogP contribution in [0.15, 0.2) is 0 Å². The second kappa shape index (κ2) is 31.5. The van der Waals surface area contributed by atoms with E-state index < -0.39 is 5.97 Å². The van der Waals surface area contributed by atoms with Crippen LogP contribution in [-0.4, -0.2) is 23.1 Å². The Morgan fingerprint density at radius 3 is 1.21 bits per heavy atom. The zero-order valence-electron chi connectivity index (χ0n) is 26.5. The number of esters is 1. The zero-order valence-corrected chi connectivity index (χ0v) is 26.5. The lowest BCUT2D eigenvalue weighted by molar-refractivity contribution is -0.150. The highest BCUT2D eigenvalue weighted by Gasteiger charge is 2.13. The van der Waals surface area contributed by atoms with Gasteiger partial charge in [-0.25, -0.2) is 0 Å². The molecule has 0 radical (unpaired) electrons. The lowest BCUT2D eigenvalue weighted by atomic mass is 10.0. The molecule has 1 atom stereocenters. The van der Waals surface area contributed by atoms with Crippen LogP contribution < -0.4 is 0 Å². The second-order valence-electron chi connectivity index (χ2n) is 12.1. The minimum Gasteiger partial charge on any atom is -0.481 e. The molecule has 232 valence electrons. The molecule has 0 amide bonds. The molecule has 0 saturated heterocycles. The van der Waals surface area contributed by atoms with Crippen molar-refractivity contribution in [2.75, 3.05) is 0 Å². The molecule has 0 aromatic carbocycles. The van der Waals surface area contributed by atoms with Crippen molar-refractivity contribution in [2.45, 2.75) is 213 Å². The summed E-state index contributed by atoms with van der Waals surface area (Å²) < 4.78 is 5.71. The average Bonchev–Trinajstić information content (AvgIpc) is 2.91. The molecule has 0 aliphatic carbocycles. The molecular formula is C35H68O4. The molecule has 0 saturated carbocycles. The first kappa shape index (κ1) is 37.9. The summed E-state index contributed by atoms with van der Waals surface area (Å²) >= 11 is 0. The molecule has 4 heteroatoms. The number of carboxylic acid groups (broad SMARTS) is 1. The third-order valence-corrected chi connectivity index (χ3v) is 8.06. The first-order valence-electron chi connectivity index (χ1n) is 17.5. The number of hydrogen-bond acceptors (Lipinski definition) is 3. The van der Waals surface area contributed by atoms with E-state index in [4.69, 9.17) is 9.84 Å². The van der Waals surface area contributed by atoms with E-state index in [1.807, 2.05) is 0 Å². The number of aliphatic carboxylic acids is 1. The first-order valence-corrected chi connectivity index (χ1v) is 17.5. The Labute approximate surface area is 243 Å². The lowest BCUT2D eigenvalue weighted by Crippen LogP contribution is -2.18. The van der Waals surface area contributed by atoms with Gasteiger partial charge >= 0.3 is 11.9 Å². The SMILES string of the molecule is CCCCCCCCCCCCCCCCCCCCCCCCC(=O)OC(CCC)CCCCCC(=O)O. The molecule has 0 fully saturated rings. The maximum Gasteiger partial charge on any atom is 0.306 e. The van der Waals surface area contributed by atoms with Crippen molar-refractivity contribution in [3.8, 4) is 0 Å². The summed E-state index contributed by atoms with van der Waals surface area (Å²) in [5.74, 6) is -0.779. The van der Waals surface area contributed by atoms with Gasteiger partial charge < -0.3 is 9.84 Å². The van der Waals surface area contributed by atoms with Gasteiger partial charge in [-0.2, -0.15) is 0 Å². The average molecular weight is 553 g/mol. The van der Waals surface area contributed by atoms with Gasteiger partial charge in [0.25, 0.3) is 0 Å². The third kappa shape index (κ3) is 31.3. The monoisotopic (exact) mass is 553 g/mol. The summed E-state index contributed by atoms with van der Waals surface area (Å²) in [7, 11) is 0. The smallest absolute Gasteiger partial charge is 0.306 e. The van der Waals surface area contributed by atoms with Crippen molar-refractivity contribution < 1.29 is 19.4 Å². The summed E-state index contributed by atoms with van der Waals surface area (Å²) in [6, 6.07) is 0. The van der Waals surface area contributed by atoms with Crippen molar-refractivity contribution in [1.29, 1.82) is 0 Å². The van der Waals surface area contributed by atoms with Crippen LogP contribution in [0.2, 0.25) is 0 Å². The van der Waals surface area contributed by atoms with Crippen molar-refractivity contribution in [3.05, 3.63) is 0 Å². The molecule has 39 heavy (non-hydrogen) atoms. The van der Waals surface area contributed by atoms with Crippen LogP contribution in [0.3, 0.4) is 0 Å². The Morgan fingerprint density at radius 1 is 0.462 bits per heavy atom. The van der Waals surface area contributed by atoms with Crippen molar-refractivity contribution in [2.24, 2.45) is 0 Å². The van der Waals surface area contributed by atoms with Gasteiger partial charge in [0.2, 0.25) is 0 Å². The van der Waals surface area contributed by atoms with E-state index in [1.54, 1.807) is 0 Å². The molecule has 0 rings (SSSR count). The maximum atomic E-state index is 12.2. The fourth-order valence-electron chi connectivity index (χ4n) is 5.53. The van der Waals surface area contributed by atoms with Gasteiger partial charge in [-0.3, -0.25) is 9.59 Å². The molecule has 0 aliphatic heterocycles. The Hall–Kier alpha value is -1.06. The lowest BCUT2D eigenvalue weighted by Gasteiger charge is -2.17. The van der Waals surface area contributed by atoms with E-state index in [0.29, 0.717) is 12.8 Å². The van der Waals surface area contributed by atoms with Crippen LogP contribution >= 0.6 is 0 Å². The summed E-state index contributed by atoms with van der Waals surface area (Å²) in [6.45, 7) is 4.41. The highest BCUT2D eigenvalue weighted by molar-refractivity contribution is 5.69. The maximum absolute atomic E-state index is 12.2. The molecule has 0 aromatic rings. The van der Waals surface area contributed by atoms with E-state index in [1.165, 1.54) is 128 Å². The van der Waals surface area contributed by atoms with Gasteiger partial charge in [-0.15, -0.1) is 0 Å². The number of unbranched alkanes of at least 4 members (excludes halogenated alkanes) is 23. The second-order valence-corrected chi connectivity index (χ2v) is 12.1. The number of carbonyl (C=O) groups excluding carboxylic acids is 1. The van der Waals surface area contributed by atoms with Crippen LogP contribution in [-0.2, 0) is 14.3 Å². The minimum atomic E-state index is -0.730. The topological polar surface area (TPSA) is 63.6 Å². The number of ether oxygens (including phenoxy) is 1. The van der Waals surface area contributed by atoms with Gasteiger partial charge in [0.05, 0.1) is 0 Å². The highest BCUT2D eigenvalue weighted by atomic mass is 16.5. The van der Waals surface area contributed by atoms with E-state index in [9.17, 15) is 9.59 Å². The normalized spacial score (nSPS) is 12.1. The summed E-state index contributed by atoms with van der Waals surface area (Å²) in [6.07, 6.45) is 36.3. The molecule has 0 aliphatic rings. The van der Waals surface area contributed by atoms with E-state index in [0.717, 1.165) is 44.9 Å². The summed E-state index contributed by atoms with van der Waals surface area (Å²) in [4.78, 5) is 22.8. The Balaban J connectivity index is 3.37. The van der Waals surface area contributed by atoms with Gasteiger partial charge in [0.15, 0.2) is 0 Å². The number of carbonyl (C=O) groups is 2. The third-order valence-electron chi connectivity index (χ3n) is 8.06. The summed E-state index contributed by atoms with van der Waals surface area (Å²) in [5, 5.41) is 8.72. The number of carboxylic acids is 1. The van der Waals surface area contributed by atoms with Gasteiger partial charge in [-0.1, -0.05) is 162 Å². The first-order chi connectivity index (χ1) is 19.1. The van der Waals surface area contributed by atoms with Crippen molar-refractivity contribution in [1.82, 2.24) is 0 Å². The van der Waals surface area contributed by atoms with Crippen LogP contribution in [0.1, 0.15) is 206 Å². The van der Waals surface area contributed by atoms with E-state index >= 15 is 0 Å². The van der Waals surface area contributed by atoms with Crippen LogP contribution in [0.25, 0.3) is 0 Å². The van der Waals surface area contributed by atoms with Crippen molar-refractivity contribution >= 4 is 11.9 Å². The molecule has 1 N–H and O–H groups in total. The standard InChI is InChI=1S/C35H68O4/c1-3-5-6-7-8-9-10-11-12-13-14-15-16-17-18-19-20-21-22-23-24-28-32-35(38)39-33(29-4-2)30-26-25-27-31-34(36)37/h33H,3-32H2,1-2H3,(H,36,37). The van der Waals surface area contributed by atoms with Gasteiger partial charge in [-0.05, 0) is 32.1 Å². The minimum absolute atomic E-state index is 0.00652. The van der Waals surface area contributed by atoms with Crippen molar-refractivity contribution in [3.63, 3.8) is 0 Å².